The van der Waals surface area contributed by atoms with Gasteiger partial charge in [-0.3, -0.25) is 4.79 Å². The summed E-state index contributed by atoms with van der Waals surface area (Å²) in [6.07, 6.45) is 2.76. The van der Waals surface area contributed by atoms with Gasteiger partial charge in [0.15, 0.2) is 0 Å². The molecule has 1 saturated carbocycles. The van der Waals surface area contributed by atoms with Crippen molar-refractivity contribution in [1.82, 2.24) is 10.2 Å². The molecule has 2 unspecified atom stereocenters. The van der Waals surface area contributed by atoms with Gasteiger partial charge >= 0.3 is 5.97 Å². The minimum atomic E-state index is -0.453. The summed E-state index contributed by atoms with van der Waals surface area (Å²) >= 11 is 0. The van der Waals surface area contributed by atoms with Crippen LogP contribution in [0.2, 0.25) is 0 Å². The normalized spacial score (nSPS) is 30.9. The number of carbonyl (C=O) groups excluding carboxylic acids is 1. The van der Waals surface area contributed by atoms with Gasteiger partial charge < -0.3 is 15.0 Å². The number of nitrogens with one attached hydrogen (secondary N) is 1. The molecule has 0 bridgehead atoms. The Bertz CT molecular complexity index is 231. The average Bonchev–Trinajstić information content (AvgIpc) is 2.63. The number of esters is 1. The van der Waals surface area contributed by atoms with Crippen LogP contribution in [0.4, 0.5) is 0 Å². The average molecular weight is 214 g/mol. The first kappa shape index (κ1) is 12.5. The summed E-state index contributed by atoms with van der Waals surface area (Å²) in [4.78, 5) is 14.0. The summed E-state index contributed by atoms with van der Waals surface area (Å²) < 4.78 is 5.13. The number of likely N-dealkylation sites (N-methyl/N-ethyl adjacent to an activating group) is 1. The molecule has 1 rings (SSSR count). The second kappa shape index (κ2) is 4.94. The van der Waals surface area contributed by atoms with Gasteiger partial charge in [-0.05, 0) is 47.3 Å². The van der Waals surface area contributed by atoms with Crippen molar-refractivity contribution in [3.63, 3.8) is 0 Å². The van der Waals surface area contributed by atoms with Gasteiger partial charge in [-0.25, -0.2) is 0 Å². The van der Waals surface area contributed by atoms with E-state index in [0.717, 1.165) is 19.3 Å². The molecule has 4 heteroatoms. The summed E-state index contributed by atoms with van der Waals surface area (Å²) in [5, 5.41) is 3.15. The Morgan fingerprint density at radius 3 is 2.67 bits per heavy atom. The highest BCUT2D eigenvalue weighted by Gasteiger charge is 2.45. The first-order valence-corrected chi connectivity index (χ1v) is 5.58. The minimum absolute atomic E-state index is 0.100. The molecule has 0 aliphatic heterocycles. The third kappa shape index (κ3) is 2.49. The molecule has 0 heterocycles. The Balaban J connectivity index is 2.68. The predicted octanol–water partition coefficient (Wildman–Crippen LogP) is 0.622. The number of carbonyl (C=O) groups is 1. The zero-order valence-electron chi connectivity index (χ0n) is 10.2. The van der Waals surface area contributed by atoms with Crippen molar-refractivity contribution in [2.45, 2.75) is 37.8 Å². The molecule has 88 valence electrons. The van der Waals surface area contributed by atoms with E-state index >= 15 is 0 Å². The van der Waals surface area contributed by atoms with E-state index < -0.39 is 5.54 Å². The molecule has 0 radical (unpaired) electrons. The van der Waals surface area contributed by atoms with Crippen LogP contribution in [-0.2, 0) is 9.53 Å². The molecule has 1 N–H and O–H groups in total. The van der Waals surface area contributed by atoms with Crippen molar-refractivity contribution in [1.29, 1.82) is 0 Å². The van der Waals surface area contributed by atoms with E-state index in [4.69, 9.17) is 4.74 Å². The molecule has 4 nitrogen and oxygen atoms in total. The van der Waals surface area contributed by atoms with Crippen LogP contribution in [0, 0.1) is 0 Å². The van der Waals surface area contributed by atoms with Crippen LogP contribution in [0.1, 0.15) is 26.2 Å². The summed E-state index contributed by atoms with van der Waals surface area (Å²) in [5.41, 5.74) is -0.453. The molecule has 1 aliphatic rings. The van der Waals surface area contributed by atoms with Crippen LogP contribution >= 0.6 is 0 Å². The van der Waals surface area contributed by atoms with Crippen LogP contribution < -0.4 is 5.32 Å². The molecule has 1 fully saturated rings. The molecule has 0 aromatic rings. The van der Waals surface area contributed by atoms with Gasteiger partial charge in [0.2, 0.25) is 0 Å². The van der Waals surface area contributed by atoms with Crippen LogP contribution in [0.5, 0.6) is 0 Å². The third-order valence-corrected chi connectivity index (χ3v) is 3.36. The van der Waals surface area contributed by atoms with Gasteiger partial charge in [0.1, 0.15) is 5.54 Å². The number of ether oxygens (including phenoxy) is 1. The maximum atomic E-state index is 11.9. The number of nitrogens with zero attached hydrogens (tertiary/aromatic N) is 1. The van der Waals surface area contributed by atoms with Crippen LogP contribution in [0.25, 0.3) is 0 Å². The van der Waals surface area contributed by atoms with Gasteiger partial charge in [0.25, 0.3) is 0 Å². The fourth-order valence-electron chi connectivity index (χ4n) is 2.24. The SMILES string of the molecule is CCOC(=O)C1(NC)CCC(N(C)C)C1. The van der Waals surface area contributed by atoms with Crippen molar-refractivity contribution in [2.24, 2.45) is 0 Å². The Kier molecular flexibility index (Phi) is 4.11. The van der Waals surface area contributed by atoms with Crippen molar-refractivity contribution in [2.75, 3.05) is 27.7 Å². The Hall–Kier alpha value is -0.610. The molecular weight excluding hydrogens is 192 g/mol. The molecule has 15 heavy (non-hydrogen) atoms. The topological polar surface area (TPSA) is 41.6 Å². The number of hydrogen-bond acceptors (Lipinski definition) is 4. The Morgan fingerprint density at radius 1 is 1.60 bits per heavy atom. The van der Waals surface area contributed by atoms with Crippen molar-refractivity contribution in [3.05, 3.63) is 0 Å². The summed E-state index contributed by atoms with van der Waals surface area (Å²) in [6.45, 7) is 2.30. The van der Waals surface area contributed by atoms with Gasteiger partial charge in [0.05, 0.1) is 6.61 Å². The predicted molar refractivity (Wildman–Crippen MR) is 59.7 cm³/mol. The smallest absolute Gasteiger partial charge is 0.326 e. The quantitative estimate of drug-likeness (QED) is 0.697. The standard InChI is InChI=1S/C11H22N2O2/c1-5-15-10(14)11(12-2)7-6-9(8-11)13(3)4/h9,12H,5-8H2,1-4H3. The highest BCUT2D eigenvalue weighted by Crippen LogP contribution is 2.33. The van der Waals surface area contributed by atoms with E-state index in [-0.39, 0.29) is 5.97 Å². The molecule has 0 amide bonds. The van der Waals surface area contributed by atoms with Crippen LogP contribution in [-0.4, -0.2) is 50.2 Å². The minimum Gasteiger partial charge on any atom is -0.465 e. The largest absolute Gasteiger partial charge is 0.465 e. The lowest BCUT2D eigenvalue weighted by atomic mass is 9.97. The molecule has 0 aromatic carbocycles. The van der Waals surface area contributed by atoms with Gasteiger partial charge in [-0.2, -0.15) is 0 Å². The third-order valence-electron chi connectivity index (χ3n) is 3.36. The van der Waals surface area contributed by atoms with E-state index in [1.165, 1.54) is 0 Å². The van der Waals surface area contributed by atoms with E-state index in [1.807, 2.05) is 14.0 Å². The molecule has 0 spiro atoms. The molecule has 1 aliphatic carbocycles. The van der Waals surface area contributed by atoms with Crippen molar-refractivity contribution in [3.8, 4) is 0 Å². The summed E-state index contributed by atoms with van der Waals surface area (Å²) in [6, 6.07) is 0.474. The lowest BCUT2D eigenvalue weighted by Gasteiger charge is -2.27. The Labute approximate surface area is 92.0 Å². The molecule has 0 saturated heterocycles. The van der Waals surface area contributed by atoms with Gasteiger partial charge in [0, 0.05) is 6.04 Å². The zero-order chi connectivity index (χ0) is 11.5. The highest BCUT2D eigenvalue weighted by molar-refractivity contribution is 5.81. The molecule has 2 atom stereocenters. The molecular formula is C11H22N2O2. The van der Waals surface area contributed by atoms with Crippen molar-refractivity contribution < 1.29 is 9.53 Å². The highest BCUT2D eigenvalue weighted by atomic mass is 16.5. The second-order valence-electron chi connectivity index (χ2n) is 4.41. The first-order valence-electron chi connectivity index (χ1n) is 5.58. The van der Waals surface area contributed by atoms with E-state index in [2.05, 4.69) is 24.3 Å². The van der Waals surface area contributed by atoms with E-state index in [1.54, 1.807) is 0 Å². The first-order chi connectivity index (χ1) is 7.05. The molecule has 0 aromatic heterocycles. The summed E-state index contributed by atoms with van der Waals surface area (Å²) in [5.74, 6) is -0.100. The fourth-order valence-corrected chi connectivity index (χ4v) is 2.24. The van der Waals surface area contributed by atoms with Crippen LogP contribution in [0.15, 0.2) is 0 Å². The monoisotopic (exact) mass is 214 g/mol. The second-order valence-corrected chi connectivity index (χ2v) is 4.41. The number of hydrogen-bond donors (Lipinski definition) is 1. The summed E-state index contributed by atoms with van der Waals surface area (Å²) in [7, 11) is 5.96. The fraction of sp³-hybridized carbons (Fsp3) is 0.909. The van der Waals surface area contributed by atoms with Crippen LogP contribution in [0.3, 0.4) is 0 Å². The number of rotatable bonds is 4. The van der Waals surface area contributed by atoms with E-state index in [9.17, 15) is 4.79 Å². The van der Waals surface area contributed by atoms with Gasteiger partial charge in [-0.15, -0.1) is 0 Å². The lowest BCUT2D eigenvalue weighted by molar-refractivity contribution is -0.150. The van der Waals surface area contributed by atoms with E-state index in [0.29, 0.717) is 12.6 Å². The van der Waals surface area contributed by atoms with Gasteiger partial charge in [-0.1, -0.05) is 0 Å². The lowest BCUT2D eigenvalue weighted by Crippen LogP contribution is -2.50. The van der Waals surface area contributed by atoms with Crippen molar-refractivity contribution >= 4 is 5.97 Å². The maximum Gasteiger partial charge on any atom is 0.326 e. The Morgan fingerprint density at radius 2 is 2.27 bits per heavy atom. The maximum absolute atomic E-state index is 11.9. The zero-order valence-corrected chi connectivity index (χ0v) is 10.2.